The van der Waals surface area contributed by atoms with Gasteiger partial charge < -0.3 is 16.2 Å². The number of phenols is 1. The lowest BCUT2D eigenvalue weighted by molar-refractivity contribution is -0.123. The molecule has 1 aromatic heterocycles. The van der Waals surface area contributed by atoms with Crippen molar-refractivity contribution in [2.75, 3.05) is 6.54 Å². The maximum Gasteiger partial charge on any atom is 0.237 e. The zero-order chi connectivity index (χ0) is 24.1. The van der Waals surface area contributed by atoms with E-state index in [1.165, 1.54) is 0 Å². The van der Waals surface area contributed by atoms with E-state index in [0.717, 1.165) is 36.8 Å². The third kappa shape index (κ3) is 10.6. The number of hydrogen-bond donors (Lipinski definition) is 4. The number of aromatic hydroxyl groups is 1. The van der Waals surface area contributed by atoms with Crippen molar-refractivity contribution in [3.05, 3.63) is 66.0 Å². The topological polar surface area (TPSA) is 100 Å². The standard InChI is InChI=1S/C27H40N4O2/c1-4-5-6-23(28)19-30-27(33)26(18-22-8-11-25(32)12-9-22)31-24(17-20(2)3)10-7-21-13-15-29-16-14-21/h7-16,20,23-24,26,31-32H,4-6,17-19,28H2,1-3H3,(H,30,33)/b10-7+/t23-,24-,26-/m0/s1. The normalized spacial score (nSPS) is 14.3. The highest BCUT2D eigenvalue weighted by Crippen LogP contribution is 2.14. The Kier molecular flexibility index (Phi) is 11.6. The summed E-state index contributed by atoms with van der Waals surface area (Å²) in [6.07, 6.45) is 12.2. The number of nitrogens with one attached hydrogen (secondary N) is 2. The van der Waals surface area contributed by atoms with Gasteiger partial charge in [-0.25, -0.2) is 0 Å². The van der Waals surface area contributed by atoms with Gasteiger partial charge in [0.1, 0.15) is 5.75 Å². The van der Waals surface area contributed by atoms with Gasteiger partial charge in [0.05, 0.1) is 6.04 Å². The van der Waals surface area contributed by atoms with E-state index in [9.17, 15) is 9.90 Å². The van der Waals surface area contributed by atoms with Crippen LogP contribution in [0.1, 0.15) is 57.6 Å². The highest BCUT2D eigenvalue weighted by Gasteiger charge is 2.22. The number of unbranched alkanes of at least 4 members (excludes halogenated alkanes) is 1. The van der Waals surface area contributed by atoms with E-state index in [2.05, 4.69) is 48.5 Å². The Bertz CT molecular complexity index is 837. The van der Waals surface area contributed by atoms with Crippen LogP contribution >= 0.6 is 0 Å². The largest absolute Gasteiger partial charge is 0.508 e. The fourth-order valence-electron chi connectivity index (χ4n) is 3.69. The van der Waals surface area contributed by atoms with Crippen LogP contribution in [0.2, 0.25) is 0 Å². The van der Waals surface area contributed by atoms with Gasteiger partial charge in [-0.3, -0.25) is 15.1 Å². The molecule has 0 aliphatic rings. The first-order valence-electron chi connectivity index (χ1n) is 12.0. The second-order valence-electron chi connectivity index (χ2n) is 9.11. The predicted octanol–water partition coefficient (Wildman–Crippen LogP) is 4.05. The van der Waals surface area contributed by atoms with Gasteiger partial charge in [0, 0.05) is 31.0 Å². The van der Waals surface area contributed by atoms with Crippen molar-refractivity contribution in [1.82, 2.24) is 15.6 Å². The maximum absolute atomic E-state index is 13.2. The number of hydrogen-bond acceptors (Lipinski definition) is 5. The van der Waals surface area contributed by atoms with Crippen molar-refractivity contribution in [3.8, 4) is 5.75 Å². The maximum atomic E-state index is 13.2. The van der Waals surface area contributed by atoms with E-state index >= 15 is 0 Å². The second-order valence-corrected chi connectivity index (χ2v) is 9.11. The van der Waals surface area contributed by atoms with E-state index in [4.69, 9.17) is 5.73 Å². The first-order valence-corrected chi connectivity index (χ1v) is 12.0. The summed E-state index contributed by atoms with van der Waals surface area (Å²) < 4.78 is 0. The smallest absolute Gasteiger partial charge is 0.237 e. The van der Waals surface area contributed by atoms with Gasteiger partial charge in [-0.1, -0.05) is 57.9 Å². The number of carbonyl (C=O) groups is 1. The number of carbonyl (C=O) groups excluding carboxylic acids is 1. The average molecular weight is 453 g/mol. The summed E-state index contributed by atoms with van der Waals surface area (Å²) in [5, 5.41) is 16.2. The summed E-state index contributed by atoms with van der Waals surface area (Å²) in [6.45, 7) is 6.96. The summed E-state index contributed by atoms with van der Waals surface area (Å²) >= 11 is 0. The van der Waals surface area contributed by atoms with Crippen molar-refractivity contribution < 1.29 is 9.90 Å². The van der Waals surface area contributed by atoms with E-state index in [1.54, 1.807) is 24.5 Å². The minimum Gasteiger partial charge on any atom is -0.508 e. The van der Waals surface area contributed by atoms with Gasteiger partial charge in [0.15, 0.2) is 0 Å². The van der Waals surface area contributed by atoms with Crippen LogP contribution in [0.25, 0.3) is 6.08 Å². The van der Waals surface area contributed by atoms with Crippen LogP contribution < -0.4 is 16.4 Å². The molecule has 6 nitrogen and oxygen atoms in total. The van der Waals surface area contributed by atoms with Gasteiger partial charge in [-0.05, 0) is 60.6 Å². The number of nitrogens with two attached hydrogens (primary N) is 1. The van der Waals surface area contributed by atoms with E-state index in [0.29, 0.717) is 18.9 Å². The molecule has 5 N–H and O–H groups in total. The molecule has 0 saturated heterocycles. The molecule has 1 heterocycles. The monoisotopic (exact) mass is 452 g/mol. The number of phenolic OH excluding ortho intramolecular Hbond substituents is 1. The molecule has 1 aromatic carbocycles. The number of aromatic nitrogens is 1. The number of rotatable bonds is 14. The number of benzene rings is 1. The van der Waals surface area contributed by atoms with Gasteiger partial charge in [-0.2, -0.15) is 0 Å². The van der Waals surface area contributed by atoms with Crippen LogP contribution in [0.4, 0.5) is 0 Å². The molecule has 0 radical (unpaired) electrons. The van der Waals surface area contributed by atoms with Gasteiger partial charge in [-0.15, -0.1) is 0 Å². The summed E-state index contributed by atoms with van der Waals surface area (Å²) in [5.41, 5.74) is 8.23. The molecule has 0 aliphatic heterocycles. The minimum atomic E-state index is -0.418. The predicted molar refractivity (Wildman–Crippen MR) is 136 cm³/mol. The van der Waals surface area contributed by atoms with E-state index < -0.39 is 6.04 Å². The van der Waals surface area contributed by atoms with Crippen LogP contribution in [-0.2, 0) is 11.2 Å². The third-order valence-electron chi connectivity index (χ3n) is 5.53. The highest BCUT2D eigenvalue weighted by atomic mass is 16.3. The van der Waals surface area contributed by atoms with Crippen LogP contribution in [0, 0.1) is 5.92 Å². The number of pyridine rings is 1. The molecule has 2 aromatic rings. The van der Waals surface area contributed by atoms with E-state index in [1.807, 2.05) is 24.3 Å². The fourth-order valence-corrected chi connectivity index (χ4v) is 3.69. The van der Waals surface area contributed by atoms with E-state index in [-0.39, 0.29) is 23.7 Å². The molecule has 0 spiro atoms. The third-order valence-corrected chi connectivity index (χ3v) is 5.53. The van der Waals surface area contributed by atoms with Gasteiger partial charge in [0.25, 0.3) is 0 Å². The lowest BCUT2D eigenvalue weighted by atomic mass is 9.99. The molecule has 180 valence electrons. The van der Waals surface area contributed by atoms with Crippen LogP contribution in [0.15, 0.2) is 54.9 Å². The molecule has 2 rings (SSSR count). The molecule has 0 unspecified atom stereocenters. The molecule has 0 saturated carbocycles. The minimum absolute atomic E-state index is 0.0276. The van der Waals surface area contributed by atoms with Gasteiger partial charge >= 0.3 is 0 Å². The Labute approximate surface area is 198 Å². The summed E-state index contributed by atoms with van der Waals surface area (Å²) in [7, 11) is 0. The molecular weight excluding hydrogens is 412 g/mol. The quantitative estimate of drug-likeness (QED) is 0.346. The highest BCUT2D eigenvalue weighted by molar-refractivity contribution is 5.82. The van der Waals surface area contributed by atoms with Crippen molar-refractivity contribution in [2.24, 2.45) is 11.7 Å². The van der Waals surface area contributed by atoms with Gasteiger partial charge in [0.2, 0.25) is 5.91 Å². The average Bonchev–Trinajstić information content (AvgIpc) is 2.80. The molecule has 0 bridgehead atoms. The Morgan fingerprint density at radius 2 is 1.85 bits per heavy atom. The lowest BCUT2D eigenvalue weighted by Gasteiger charge is -2.25. The zero-order valence-electron chi connectivity index (χ0n) is 20.2. The molecule has 0 aliphatic carbocycles. The van der Waals surface area contributed by atoms with Crippen LogP contribution in [0.3, 0.4) is 0 Å². The van der Waals surface area contributed by atoms with Crippen molar-refractivity contribution in [1.29, 1.82) is 0 Å². The first kappa shape index (κ1) is 26.6. The Morgan fingerprint density at radius 1 is 1.15 bits per heavy atom. The fraction of sp³-hybridized carbons (Fsp3) is 0.481. The lowest BCUT2D eigenvalue weighted by Crippen LogP contribution is -2.51. The molecule has 3 atom stereocenters. The summed E-state index contributed by atoms with van der Waals surface area (Å²) in [6, 6.07) is 10.5. The SMILES string of the molecule is CCCC[C@H](N)CNC(=O)[C@H](Cc1ccc(O)cc1)N[C@@H](/C=C/c1ccncc1)CC(C)C. The summed E-state index contributed by atoms with van der Waals surface area (Å²) in [4.78, 5) is 17.2. The van der Waals surface area contributed by atoms with Crippen LogP contribution in [-0.4, -0.2) is 40.7 Å². The first-order chi connectivity index (χ1) is 15.9. The second kappa shape index (κ2) is 14.4. The Balaban J connectivity index is 2.14. The molecule has 33 heavy (non-hydrogen) atoms. The van der Waals surface area contributed by atoms with Crippen molar-refractivity contribution in [2.45, 2.75) is 71.0 Å². The molecule has 0 fully saturated rings. The van der Waals surface area contributed by atoms with Crippen molar-refractivity contribution >= 4 is 12.0 Å². The molecule has 1 amide bonds. The molecular formula is C27H40N4O2. The van der Waals surface area contributed by atoms with Crippen molar-refractivity contribution in [3.63, 3.8) is 0 Å². The number of amides is 1. The van der Waals surface area contributed by atoms with Crippen LogP contribution in [0.5, 0.6) is 5.75 Å². The molecule has 6 heteroatoms. The Morgan fingerprint density at radius 3 is 2.48 bits per heavy atom. The zero-order valence-corrected chi connectivity index (χ0v) is 20.2. The summed E-state index contributed by atoms with van der Waals surface area (Å²) in [5.74, 6) is 0.623. The Hall–Kier alpha value is -2.70. The number of nitrogens with zero attached hydrogens (tertiary/aromatic N) is 1.